The number of hydrogen-bond acceptors (Lipinski definition) is 1. The van der Waals surface area contributed by atoms with Gasteiger partial charge in [0, 0.05) is 24.0 Å². The van der Waals surface area contributed by atoms with Crippen molar-refractivity contribution < 1.29 is 0 Å². The van der Waals surface area contributed by atoms with Crippen molar-refractivity contribution in [3.8, 4) is 12.0 Å². The zero-order valence-corrected chi connectivity index (χ0v) is 8.78. The Labute approximate surface area is 93.5 Å². The van der Waals surface area contributed by atoms with Gasteiger partial charge in [0.2, 0.25) is 0 Å². The van der Waals surface area contributed by atoms with Crippen LogP contribution in [0.4, 0.5) is 0 Å². The first-order valence-corrected chi connectivity index (χ1v) is 5.09. The molecule has 2 aromatic rings. The van der Waals surface area contributed by atoms with Crippen LogP contribution in [-0.2, 0) is 5.88 Å². The van der Waals surface area contributed by atoms with Crippen LogP contribution >= 0.6 is 11.6 Å². The molecule has 0 saturated carbocycles. The number of alkyl halides is 1. The third-order valence-corrected chi connectivity index (χ3v) is 2.17. The molecule has 0 saturated heterocycles. The fourth-order valence-corrected chi connectivity index (χ4v) is 1.38. The maximum atomic E-state index is 5.70. The monoisotopic (exact) mass is 216 g/mol. The van der Waals surface area contributed by atoms with Crippen molar-refractivity contribution in [2.75, 3.05) is 0 Å². The molecule has 0 spiro atoms. The number of halogens is 1. The zero-order chi connectivity index (χ0) is 10.5. The Kier molecular flexibility index (Phi) is 3.06. The topological polar surface area (TPSA) is 17.8 Å². The number of hydrogen-bond donors (Lipinski definition) is 0. The SMILES string of the molecule is ClCc1nccn1C#Cc1ccccc1. The Hall–Kier alpha value is -1.72. The molecule has 0 fully saturated rings. The van der Waals surface area contributed by atoms with Gasteiger partial charge in [0.15, 0.2) is 0 Å². The van der Waals surface area contributed by atoms with Gasteiger partial charge in [-0.05, 0) is 18.1 Å². The van der Waals surface area contributed by atoms with Crippen molar-refractivity contribution in [1.29, 1.82) is 0 Å². The second kappa shape index (κ2) is 4.68. The molecule has 3 heteroatoms. The fourth-order valence-electron chi connectivity index (χ4n) is 1.18. The largest absolute Gasteiger partial charge is 0.261 e. The predicted octanol–water partition coefficient (Wildman–Crippen LogP) is 2.48. The lowest BCUT2D eigenvalue weighted by Gasteiger charge is -1.93. The first-order chi connectivity index (χ1) is 7.40. The minimum atomic E-state index is 0.371. The van der Waals surface area contributed by atoms with Crippen molar-refractivity contribution in [2.24, 2.45) is 0 Å². The minimum Gasteiger partial charge on any atom is -0.261 e. The van der Waals surface area contributed by atoms with Crippen LogP contribution in [0, 0.1) is 12.0 Å². The molecule has 0 atom stereocenters. The molecule has 0 aliphatic heterocycles. The van der Waals surface area contributed by atoms with E-state index in [-0.39, 0.29) is 0 Å². The summed E-state index contributed by atoms with van der Waals surface area (Å²) in [6, 6.07) is 12.8. The third-order valence-electron chi connectivity index (χ3n) is 1.93. The Morgan fingerprint density at radius 3 is 2.80 bits per heavy atom. The van der Waals surface area contributed by atoms with Gasteiger partial charge >= 0.3 is 0 Å². The number of nitrogens with zero attached hydrogens (tertiary/aromatic N) is 2. The number of imidazole rings is 1. The molecule has 0 unspecified atom stereocenters. The highest BCUT2D eigenvalue weighted by Gasteiger charge is 1.96. The van der Waals surface area contributed by atoms with E-state index in [4.69, 9.17) is 11.6 Å². The second-order valence-electron chi connectivity index (χ2n) is 2.95. The molecular formula is C12H9ClN2. The molecule has 1 heterocycles. The molecule has 74 valence electrons. The van der Waals surface area contributed by atoms with Crippen LogP contribution in [0.3, 0.4) is 0 Å². The highest BCUT2D eigenvalue weighted by atomic mass is 35.5. The van der Waals surface area contributed by atoms with Gasteiger partial charge in [-0.2, -0.15) is 0 Å². The Balaban J connectivity index is 2.26. The van der Waals surface area contributed by atoms with E-state index in [1.807, 2.05) is 30.3 Å². The molecule has 2 nitrogen and oxygen atoms in total. The van der Waals surface area contributed by atoms with Crippen LogP contribution in [0.25, 0.3) is 0 Å². The summed E-state index contributed by atoms with van der Waals surface area (Å²) in [6.45, 7) is 0. The Bertz CT molecular complexity index is 491. The van der Waals surface area contributed by atoms with Gasteiger partial charge in [-0.1, -0.05) is 18.2 Å². The molecule has 0 bridgehead atoms. The van der Waals surface area contributed by atoms with Gasteiger partial charge < -0.3 is 0 Å². The van der Waals surface area contributed by atoms with Crippen LogP contribution in [0.5, 0.6) is 0 Å². The summed E-state index contributed by atoms with van der Waals surface area (Å²) < 4.78 is 1.74. The van der Waals surface area contributed by atoms with E-state index in [2.05, 4.69) is 16.9 Å². The molecule has 15 heavy (non-hydrogen) atoms. The van der Waals surface area contributed by atoms with E-state index in [1.54, 1.807) is 17.0 Å². The summed E-state index contributed by atoms with van der Waals surface area (Å²) in [5.41, 5.74) is 0.978. The Morgan fingerprint density at radius 2 is 2.07 bits per heavy atom. The van der Waals surface area contributed by atoms with Crippen LogP contribution in [0.2, 0.25) is 0 Å². The highest BCUT2D eigenvalue weighted by molar-refractivity contribution is 6.16. The summed E-state index contributed by atoms with van der Waals surface area (Å²) in [5.74, 6) is 4.17. The molecule has 0 radical (unpaired) electrons. The molecule has 1 aromatic heterocycles. The summed E-state index contributed by atoms with van der Waals surface area (Å²) in [6.07, 6.45) is 3.49. The van der Waals surface area contributed by atoms with Crippen LogP contribution < -0.4 is 0 Å². The van der Waals surface area contributed by atoms with E-state index in [0.717, 1.165) is 11.4 Å². The molecule has 1 aromatic carbocycles. The van der Waals surface area contributed by atoms with E-state index < -0.39 is 0 Å². The van der Waals surface area contributed by atoms with Gasteiger partial charge in [-0.15, -0.1) is 11.6 Å². The minimum absolute atomic E-state index is 0.371. The molecule has 0 aliphatic carbocycles. The van der Waals surface area contributed by atoms with Crippen molar-refractivity contribution in [2.45, 2.75) is 5.88 Å². The lowest BCUT2D eigenvalue weighted by molar-refractivity contribution is 0.992. The Morgan fingerprint density at radius 1 is 1.27 bits per heavy atom. The summed E-state index contributed by atoms with van der Waals surface area (Å²) in [7, 11) is 0. The third kappa shape index (κ3) is 2.39. The lowest BCUT2D eigenvalue weighted by atomic mass is 10.2. The zero-order valence-electron chi connectivity index (χ0n) is 8.02. The average molecular weight is 217 g/mol. The smallest absolute Gasteiger partial charge is 0.135 e. The number of aromatic nitrogens is 2. The van der Waals surface area contributed by atoms with Crippen molar-refractivity contribution in [3.05, 3.63) is 54.1 Å². The van der Waals surface area contributed by atoms with Crippen molar-refractivity contribution in [3.63, 3.8) is 0 Å². The molecule has 0 amide bonds. The summed E-state index contributed by atoms with van der Waals surface area (Å²) >= 11 is 5.70. The molecule has 2 rings (SSSR count). The van der Waals surface area contributed by atoms with E-state index in [0.29, 0.717) is 5.88 Å². The van der Waals surface area contributed by atoms with Gasteiger partial charge in [0.25, 0.3) is 0 Å². The van der Waals surface area contributed by atoms with E-state index in [1.165, 1.54) is 0 Å². The van der Waals surface area contributed by atoms with Gasteiger partial charge in [-0.3, -0.25) is 4.57 Å². The van der Waals surface area contributed by atoms with Gasteiger partial charge in [0.05, 0.1) is 5.88 Å². The molecule has 0 aliphatic rings. The van der Waals surface area contributed by atoms with Crippen molar-refractivity contribution >= 4 is 11.6 Å². The fraction of sp³-hybridized carbons (Fsp3) is 0.0833. The summed E-state index contributed by atoms with van der Waals surface area (Å²) in [5, 5.41) is 0. The quantitative estimate of drug-likeness (QED) is 0.529. The second-order valence-corrected chi connectivity index (χ2v) is 3.22. The summed E-state index contributed by atoms with van der Waals surface area (Å²) in [4.78, 5) is 4.08. The number of benzene rings is 1. The van der Waals surface area contributed by atoms with Crippen LogP contribution in [0.1, 0.15) is 11.4 Å². The average Bonchev–Trinajstić information content (AvgIpc) is 2.75. The van der Waals surface area contributed by atoms with Crippen LogP contribution in [-0.4, -0.2) is 9.55 Å². The first kappa shape index (κ1) is 9.82. The normalized spacial score (nSPS) is 9.40. The highest BCUT2D eigenvalue weighted by Crippen LogP contribution is 2.00. The maximum absolute atomic E-state index is 5.70. The maximum Gasteiger partial charge on any atom is 0.135 e. The van der Waals surface area contributed by atoms with Crippen molar-refractivity contribution in [1.82, 2.24) is 9.55 Å². The molecular weight excluding hydrogens is 208 g/mol. The first-order valence-electron chi connectivity index (χ1n) is 4.55. The standard InChI is InChI=1S/C12H9ClN2/c13-10-12-14-7-9-15(12)8-6-11-4-2-1-3-5-11/h1-5,7,9H,10H2. The van der Waals surface area contributed by atoms with Crippen LogP contribution in [0.15, 0.2) is 42.7 Å². The lowest BCUT2D eigenvalue weighted by Crippen LogP contribution is -1.93. The predicted molar refractivity (Wildman–Crippen MR) is 60.5 cm³/mol. The van der Waals surface area contributed by atoms with Gasteiger partial charge in [-0.25, -0.2) is 4.98 Å². The van der Waals surface area contributed by atoms with E-state index >= 15 is 0 Å². The molecule has 0 N–H and O–H groups in total. The van der Waals surface area contributed by atoms with E-state index in [9.17, 15) is 0 Å². The van der Waals surface area contributed by atoms with Gasteiger partial charge in [0.1, 0.15) is 5.82 Å². The number of rotatable bonds is 1.